The third-order valence-corrected chi connectivity index (χ3v) is 3.37. The highest BCUT2D eigenvalue weighted by molar-refractivity contribution is 5.59. The maximum atomic E-state index is 5.08. The van der Waals surface area contributed by atoms with Crippen LogP contribution in [-0.4, -0.2) is 43.9 Å². The molecule has 0 atom stereocenters. The number of ether oxygens (including phenoxy) is 1. The normalized spacial score (nSPS) is 10.7. The number of anilines is 2. The fraction of sp³-hybridized carbons (Fsp3) is 0.438. The van der Waals surface area contributed by atoms with Gasteiger partial charge >= 0.3 is 0 Å². The topological polar surface area (TPSA) is 42.3 Å². The highest BCUT2D eigenvalue weighted by Crippen LogP contribution is 2.24. The van der Waals surface area contributed by atoms with Crippen molar-refractivity contribution >= 4 is 11.6 Å². The van der Waals surface area contributed by atoms with Crippen LogP contribution in [0.1, 0.15) is 11.3 Å². The number of hydrogen-bond donors (Lipinski definition) is 1. The van der Waals surface area contributed by atoms with Crippen LogP contribution in [0.25, 0.3) is 5.69 Å². The molecule has 0 fully saturated rings. The molecule has 0 saturated carbocycles. The van der Waals surface area contributed by atoms with Gasteiger partial charge in [-0.15, -0.1) is 0 Å². The number of aromatic nitrogens is 2. The van der Waals surface area contributed by atoms with Crippen molar-refractivity contribution in [2.45, 2.75) is 13.8 Å². The van der Waals surface area contributed by atoms with Gasteiger partial charge < -0.3 is 15.0 Å². The van der Waals surface area contributed by atoms with E-state index in [-0.39, 0.29) is 0 Å². The van der Waals surface area contributed by atoms with E-state index >= 15 is 0 Å². The van der Waals surface area contributed by atoms with E-state index in [0.29, 0.717) is 6.61 Å². The van der Waals surface area contributed by atoms with E-state index in [1.807, 2.05) is 13.1 Å². The molecule has 0 unspecified atom stereocenters. The second kappa shape index (κ2) is 6.63. The predicted octanol–water partition coefficient (Wildman–Crippen LogP) is 2.61. The lowest BCUT2D eigenvalue weighted by molar-refractivity contribution is 0.210. The number of imidazole rings is 1. The van der Waals surface area contributed by atoms with Gasteiger partial charge in [0, 0.05) is 39.6 Å². The maximum Gasteiger partial charge on any atom is 0.207 e. The van der Waals surface area contributed by atoms with Crippen molar-refractivity contribution in [2.24, 2.45) is 0 Å². The Morgan fingerprint density at radius 2 is 2.05 bits per heavy atom. The highest BCUT2D eigenvalue weighted by Gasteiger charge is 2.09. The average molecular weight is 288 g/mol. The number of aryl methyl sites for hydroxylation is 2. The smallest absolute Gasteiger partial charge is 0.207 e. The van der Waals surface area contributed by atoms with Gasteiger partial charge in [-0.25, -0.2) is 4.98 Å². The Balaban J connectivity index is 2.35. The summed E-state index contributed by atoms with van der Waals surface area (Å²) in [7, 11) is 5.81. The molecule has 21 heavy (non-hydrogen) atoms. The van der Waals surface area contributed by atoms with Crippen LogP contribution in [0.2, 0.25) is 0 Å². The summed E-state index contributed by atoms with van der Waals surface area (Å²) < 4.78 is 7.16. The van der Waals surface area contributed by atoms with Gasteiger partial charge in [0.15, 0.2) is 0 Å². The van der Waals surface area contributed by atoms with Gasteiger partial charge in [-0.05, 0) is 31.5 Å². The first-order valence-electron chi connectivity index (χ1n) is 7.10. The fourth-order valence-electron chi connectivity index (χ4n) is 2.31. The van der Waals surface area contributed by atoms with Crippen LogP contribution in [0.3, 0.4) is 0 Å². The van der Waals surface area contributed by atoms with Gasteiger partial charge in [-0.3, -0.25) is 4.57 Å². The third kappa shape index (κ3) is 3.55. The van der Waals surface area contributed by atoms with E-state index in [9.17, 15) is 0 Å². The van der Waals surface area contributed by atoms with Gasteiger partial charge in [0.2, 0.25) is 5.95 Å². The van der Waals surface area contributed by atoms with Crippen LogP contribution < -0.4 is 10.2 Å². The summed E-state index contributed by atoms with van der Waals surface area (Å²) in [6.45, 7) is 5.51. The van der Waals surface area contributed by atoms with E-state index in [0.717, 1.165) is 23.9 Å². The Labute approximate surface area is 126 Å². The molecule has 2 rings (SSSR count). The first kappa shape index (κ1) is 15.4. The van der Waals surface area contributed by atoms with E-state index in [1.54, 1.807) is 7.11 Å². The summed E-state index contributed by atoms with van der Waals surface area (Å²) in [6.07, 6.45) is 2.04. The molecule has 0 aliphatic rings. The zero-order valence-electron chi connectivity index (χ0n) is 13.5. The minimum Gasteiger partial charge on any atom is -0.383 e. The van der Waals surface area contributed by atoms with Gasteiger partial charge in [0.05, 0.1) is 18.0 Å². The molecule has 5 nitrogen and oxygen atoms in total. The van der Waals surface area contributed by atoms with Crippen LogP contribution in [0.4, 0.5) is 11.6 Å². The van der Waals surface area contributed by atoms with E-state index in [1.165, 1.54) is 11.3 Å². The van der Waals surface area contributed by atoms with E-state index < -0.39 is 0 Å². The molecular weight excluding hydrogens is 264 g/mol. The lowest BCUT2D eigenvalue weighted by Gasteiger charge is -2.18. The lowest BCUT2D eigenvalue weighted by atomic mass is 10.1. The molecule has 1 aromatic carbocycles. The number of methoxy groups -OCH3 is 1. The number of benzene rings is 1. The van der Waals surface area contributed by atoms with Crippen LogP contribution in [0.15, 0.2) is 24.4 Å². The first-order valence-corrected chi connectivity index (χ1v) is 7.10. The molecule has 0 spiro atoms. The Morgan fingerprint density at radius 1 is 1.29 bits per heavy atom. The van der Waals surface area contributed by atoms with Gasteiger partial charge in [-0.2, -0.15) is 0 Å². The number of hydrogen-bond acceptors (Lipinski definition) is 4. The molecule has 114 valence electrons. The lowest BCUT2D eigenvalue weighted by Crippen LogP contribution is -2.13. The van der Waals surface area contributed by atoms with Crippen LogP contribution in [-0.2, 0) is 4.74 Å². The van der Waals surface area contributed by atoms with Crippen molar-refractivity contribution < 1.29 is 4.74 Å². The van der Waals surface area contributed by atoms with Crippen LogP contribution in [0.5, 0.6) is 0 Å². The summed E-state index contributed by atoms with van der Waals surface area (Å²) >= 11 is 0. The van der Waals surface area contributed by atoms with Crippen LogP contribution in [0, 0.1) is 13.8 Å². The minimum atomic E-state index is 0.656. The zero-order valence-corrected chi connectivity index (χ0v) is 13.5. The van der Waals surface area contributed by atoms with Crippen molar-refractivity contribution in [3.63, 3.8) is 0 Å². The monoisotopic (exact) mass is 288 g/mol. The summed E-state index contributed by atoms with van der Waals surface area (Å²) in [5.74, 6) is 0.845. The average Bonchev–Trinajstić information content (AvgIpc) is 2.80. The third-order valence-electron chi connectivity index (χ3n) is 3.37. The molecule has 2 aromatic rings. The van der Waals surface area contributed by atoms with E-state index in [2.05, 4.69) is 59.0 Å². The molecule has 0 aliphatic carbocycles. The standard InChI is InChI=1S/C16H24N4O/c1-12-6-7-14(10-15(12)19(3)4)20-11-13(2)18-16(20)17-8-9-21-5/h6-7,10-11H,8-9H2,1-5H3,(H,17,18). The van der Waals surface area contributed by atoms with Crippen molar-refractivity contribution in [1.82, 2.24) is 9.55 Å². The molecule has 0 saturated heterocycles. The van der Waals surface area contributed by atoms with E-state index in [4.69, 9.17) is 4.74 Å². The summed E-state index contributed by atoms with van der Waals surface area (Å²) in [4.78, 5) is 6.66. The largest absolute Gasteiger partial charge is 0.383 e. The molecule has 0 aliphatic heterocycles. The molecule has 5 heteroatoms. The van der Waals surface area contributed by atoms with Gasteiger partial charge in [-0.1, -0.05) is 6.07 Å². The van der Waals surface area contributed by atoms with Crippen molar-refractivity contribution in [3.05, 3.63) is 35.7 Å². The Kier molecular flexibility index (Phi) is 4.85. The maximum absolute atomic E-state index is 5.08. The van der Waals surface area contributed by atoms with Crippen LogP contribution >= 0.6 is 0 Å². The minimum absolute atomic E-state index is 0.656. The molecule has 0 amide bonds. The van der Waals surface area contributed by atoms with Crippen molar-refractivity contribution in [2.75, 3.05) is 44.6 Å². The summed E-state index contributed by atoms with van der Waals surface area (Å²) in [6, 6.07) is 6.43. The molecule has 0 bridgehead atoms. The Hall–Kier alpha value is -2.01. The van der Waals surface area contributed by atoms with Crippen molar-refractivity contribution in [1.29, 1.82) is 0 Å². The summed E-state index contributed by atoms with van der Waals surface area (Å²) in [5, 5.41) is 3.31. The second-order valence-electron chi connectivity index (χ2n) is 5.36. The number of nitrogens with zero attached hydrogens (tertiary/aromatic N) is 3. The predicted molar refractivity (Wildman–Crippen MR) is 87.7 cm³/mol. The zero-order chi connectivity index (χ0) is 15.4. The number of rotatable bonds is 6. The molecule has 0 radical (unpaired) electrons. The number of nitrogens with one attached hydrogen (secondary N) is 1. The van der Waals surface area contributed by atoms with Crippen molar-refractivity contribution in [3.8, 4) is 5.69 Å². The highest BCUT2D eigenvalue weighted by atomic mass is 16.5. The first-order chi connectivity index (χ1) is 10.0. The quantitative estimate of drug-likeness (QED) is 0.830. The molecule has 1 heterocycles. The Bertz CT molecular complexity index is 604. The van der Waals surface area contributed by atoms with Gasteiger partial charge in [0.25, 0.3) is 0 Å². The summed E-state index contributed by atoms with van der Waals surface area (Å²) in [5.41, 5.74) is 4.56. The molecule has 1 aromatic heterocycles. The van der Waals surface area contributed by atoms with Gasteiger partial charge in [0.1, 0.15) is 0 Å². The fourth-order valence-corrected chi connectivity index (χ4v) is 2.31. The SMILES string of the molecule is COCCNc1nc(C)cn1-c1ccc(C)c(N(C)C)c1. The second-order valence-corrected chi connectivity index (χ2v) is 5.36. The molecular formula is C16H24N4O. The Morgan fingerprint density at radius 3 is 2.71 bits per heavy atom. The molecule has 1 N–H and O–H groups in total.